The zero-order chi connectivity index (χ0) is 20.0. The SMILES string of the molecule is CN(CCCOc1cccc(Cl)c1)C(=O)CN(C)S(=O)(=O)c1ccc(Cl)s1. The number of hydrogen-bond donors (Lipinski definition) is 0. The summed E-state index contributed by atoms with van der Waals surface area (Å²) >= 11 is 12.6. The molecule has 0 spiro atoms. The standard InChI is InChI=1S/C17H20Cl2N2O4S2/c1-20(9-4-10-25-14-6-3-5-13(18)11-14)16(22)12-21(2)27(23,24)17-8-7-15(19)26-17/h3,5-8,11H,4,9-10,12H2,1-2H3. The molecular weight excluding hydrogens is 431 g/mol. The van der Waals surface area contributed by atoms with E-state index in [2.05, 4.69) is 0 Å². The third-order valence-corrected chi connectivity index (χ3v) is 7.44. The highest BCUT2D eigenvalue weighted by molar-refractivity contribution is 7.91. The van der Waals surface area contributed by atoms with E-state index < -0.39 is 10.0 Å². The van der Waals surface area contributed by atoms with Crippen molar-refractivity contribution in [1.29, 1.82) is 0 Å². The molecule has 1 aromatic heterocycles. The van der Waals surface area contributed by atoms with Gasteiger partial charge in [0, 0.05) is 25.7 Å². The third kappa shape index (κ3) is 6.36. The van der Waals surface area contributed by atoms with Crippen LogP contribution in [0.25, 0.3) is 0 Å². The van der Waals surface area contributed by atoms with Gasteiger partial charge in [-0.15, -0.1) is 11.3 Å². The predicted octanol–water partition coefficient (Wildman–Crippen LogP) is 3.60. The molecule has 6 nitrogen and oxygen atoms in total. The number of amides is 1. The molecule has 0 aliphatic heterocycles. The normalized spacial score (nSPS) is 11.6. The summed E-state index contributed by atoms with van der Waals surface area (Å²) in [4.78, 5) is 13.8. The van der Waals surface area contributed by atoms with Crippen LogP contribution in [-0.2, 0) is 14.8 Å². The van der Waals surface area contributed by atoms with E-state index >= 15 is 0 Å². The maximum atomic E-state index is 12.4. The van der Waals surface area contributed by atoms with Crippen LogP contribution in [0.15, 0.2) is 40.6 Å². The molecule has 0 N–H and O–H groups in total. The lowest BCUT2D eigenvalue weighted by Crippen LogP contribution is -2.39. The molecule has 0 unspecified atom stereocenters. The molecule has 1 amide bonds. The highest BCUT2D eigenvalue weighted by Crippen LogP contribution is 2.27. The Bertz CT molecular complexity index is 887. The molecule has 1 heterocycles. The van der Waals surface area contributed by atoms with Gasteiger partial charge in [0.2, 0.25) is 5.91 Å². The fourth-order valence-electron chi connectivity index (χ4n) is 2.16. The Morgan fingerprint density at radius 1 is 1.19 bits per heavy atom. The van der Waals surface area contributed by atoms with Gasteiger partial charge in [0.15, 0.2) is 0 Å². The number of hydrogen-bond acceptors (Lipinski definition) is 5. The molecule has 0 saturated carbocycles. The predicted molar refractivity (Wildman–Crippen MR) is 108 cm³/mol. The zero-order valence-corrected chi connectivity index (χ0v) is 18.0. The largest absolute Gasteiger partial charge is 0.493 e. The van der Waals surface area contributed by atoms with Crippen LogP contribution in [0.1, 0.15) is 6.42 Å². The Morgan fingerprint density at radius 3 is 2.56 bits per heavy atom. The summed E-state index contributed by atoms with van der Waals surface area (Å²) in [5.41, 5.74) is 0. The molecule has 0 radical (unpaired) electrons. The fraction of sp³-hybridized carbons (Fsp3) is 0.353. The molecule has 0 atom stereocenters. The number of benzene rings is 1. The molecule has 2 rings (SSSR count). The number of carbonyl (C=O) groups excluding carboxylic acids is 1. The molecule has 27 heavy (non-hydrogen) atoms. The second-order valence-corrected chi connectivity index (χ2v) is 10.2. The minimum Gasteiger partial charge on any atom is -0.493 e. The molecule has 0 saturated heterocycles. The zero-order valence-electron chi connectivity index (χ0n) is 14.9. The minimum absolute atomic E-state index is 0.111. The van der Waals surface area contributed by atoms with Gasteiger partial charge >= 0.3 is 0 Å². The van der Waals surface area contributed by atoms with Crippen LogP contribution in [0.4, 0.5) is 0 Å². The smallest absolute Gasteiger partial charge is 0.252 e. The van der Waals surface area contributed by atoms with Gasteiger partial charge in [-0.1, -0.05) is 29.3 Å². The van der Waals surface area contributed by atoms with Gasteiger partial charge < -0.3 is 9.64 Å². The van der Waals surface area contributed by atoms with Crippen LogP contribution in [0, 0.1) is 0 Å². The van der Waals surface area contributed by atoms with Gasteiger partial charge in [0.25, 0.3) is 10.0 Å². The quantitative estimate of drug-likeness (QED) is 0.547. The number of sulfonamides is 1. The number of halogens is 2. The Kier molecular flexibility index (Phi) is 7.93. The Balaban J connectivity index is 1.79. The van der Waals surface area contributed by atoms with Crippen LogP contribution in [0.5, 0.6) is 5.75 Å². The summed E-state index contributed by atoms with van der Waals surface area (Å²) in [5, 5.41) is 0.594. The first-order valence-corrected chi connectivity index (χ1v) is 11.1. The Hall–Kier alpha value is -1.32. The third-order valence-electron chi connectivity index (χ3n) is 3.70. The van der Waals surface area contributed by atoms with Crippen LogP contribution < -0.4 is 4.74 Å². The molecule has 0 aliphatic rings. The first kappa shape index (κ1) is 22.0. The Morgan fingerprint density at radius 2 is 1.93 bits per heavy atom. The summed E-state index contributed by atoms with van der Waals surface area (Å²) in [6.45, 7) is 0.613. The maximum Gasteiger partial charge on any atom is 0.252 e. The van der Waals surface area contributed by atoms with E-state index in [0.717, 1.165) is 15.6 Å². The van der Waals surface area contributed by atoms with Crippen molar-refractivity contribution in [3.63, 3.8) is 0 Å². The molecule has 10 heteroatoms. The van der Waals surface area contributed by atoms with Crippen molar-refractivity contribution in [2.75, 3.05) is 33.8 Å². The second-order valence-electron chi connectivity index (χ2n) is 5.79. The average molecular weight is 451 g/mol. The topological polar surface area (TPSA) is 66.9 Å². The summed E-state index contributed by atoms with van der Waals surface area (Å²) in [7, 11) is -0.728. The monoisotopic (exact) mass is 450 g/mol. The lowest BCUT2D eigenvalue weighted by Gasteiger charge is -2.21. The van der Waals surface area contributed by atoms with E-state index in [1.807, 2.05) is 0 Å². The van der Waals surface area contributed by atoms with Crippen molar-refractivity contribution in [2.45, 2.75) is 10.6 Å². The molecular formula is C17H20Cl2N2O4S2. The Labute approximate surface area is 173 Å². The maximum absolute atomic E-state index is 12.4. The molecule has 2 aromatic rings. The molecule has 1 aromatic carbocycles. The highest BCUT2D eigenvalue weighted by Gasteiger charge is 2.25. The summed E-state index contributed by atoms with van der Waals surface area (Å²) in [5.74, 6) is 0.364. The van der Waals surface area contributed by atoms with Gasteiger partial charge in [0.05, 0.1) is 17.5 Å². The van der Waals surface area contributed by atoms with Gasteiger partial charge in [-0.05, 0) is 36.8 Å². The molecule has 0 fully saturated rings. The van der Waals surface area contributed by atoms with E-state index in [4.69, 9.17) is 27.9 Å². The number of thiophene rings is 1. The van der Waals surface area contributed by atoms with Crippen molar-refractivity contribution in [1.82, 2.24) is 9.21 Å². The fourth-order valence-corrected chi connectivity index (χ4v) is 5.15. The van der Waals surface area contributed by atoms with Gasteiger partial charge in [-0.2, -0.15) is 4.31 Å². The summed E-state index contributed by atoms with van der Waals surface area (Å²) < 4.78 is 31.9. The number of ether oxygens (including phenoxy) is 1. The van der Waals surface area contributed by atoms with Crippen molar-refractivity contribution in [3.05, 3.63) is 45.8 Å². The number of carbonyl (C=O) groups is 1. The van der Waals surface area contributed by atoms with E-state index in [0.29, 0.717) is 34.7 Å². The van der Waals surface area contributed by atoms with E-state index in [-0.39, 0.29) is 16.7 Å². The molecule has 0 bridgehead atoms. The first-order chi connectivity index (χ1) is 12.7. The van der Waals surface area contributed by atoms with Gasteiger partial charge in [-0.3, -0.25) is 4.79 Å². The van der Waals surface area contributed by atoms with Crippen LogP contribution in [0.3, 0.4) is 0 Å². The highest BCUT2D eigenvalue weighted by atomic mass is 35.5. The minimum atomic E-state index is -3.73. The number of nitrogens with zero attached hydrogens (tertiary/aromatic N) is 2. The average Bonchev–Trinajstić information content (AvgIpc) is 3.05. The van der Waals surface area contributed by atoms with Crippen molar-refractivity contribution < 1.29 is 17.9 Å². The van der Waals surface area contributed by atoms with Crippen LogP contribution in [0.2, 0.25) is 9.36 Å². The summed E-state index contributed by atoms with van der Waals surface area (Å²) in [6.07, 6.45) is 0.603. The first-order valence-electron chi connectivity index (χ1n) is 8.04. The van der Waals surface area contributed by atoms with Crippen LogP contribution in [-0.4, -0.2) is 57.3 Å². The van der Waals surface area contributed by atoms with Crippen LogP contribution >= 0.6 is 34.5 Å². The number of likely N-dealkylation sites (N-methyl/N-ethyl adjacent to an activating group) is 2. The van der Waals surface area contributed by atoms with Crippen molar-refractivity contribution in [3.8, 4) is 5.75 Å². The van der Waals surface area contributed by atoms with Crippen molar-refractivity contribution in [2.24, 2.45) is 0 Å². The second kappa shape index (κ2) is 9.75. The molecule has 148 valence electrons. The van der Waals surface area contributed by atoms with Crippen molar-refractivity contribution >= 4 is 50.5 Å². The number of rotatable bonds is 9. The summed E-state index contributed by atoms with van der Waals surface area (Å²) in [6, 6.07) is 10.0. The molecule has 0 aliphatic carbocycles. The van der Waals surface area contributed by atoms with E-state index in [1.165, 1.54) is 24.1 Å². The van der Waals surface area contributed by atoms with E-state index in [1.54, 1.807) is 31.3 Å². The lowest BCUT2D eigenvalue weighted by molar-refractivity contribution is -0.130. The lowest BCUT2D eigenvalue weighted by atomic mass is 10.3. The van der Waals surface area contributed by atoms with Gasteiger partial charge in [0.1, 0.15) is 9.96 Å². The van der Waals surface area contributed by atoms with Gasteiger partial charge in [-0.25, -0.2) is 8.42 Å². The van der Waals surface area contributed by atoms with E-state index in [9.17, 15) is 13.2 Å².